The van der Waals surface area contributed by atoms with E-state index < -0.39 is 5.97 Å². The molecule has 0 radical (unpaired) electrons. The molecule has 0 bridgehead atoms. The van der Waals surface area contributed by atoms with Gasteiger partial charge in [-0.1, -0.05) is 12.1 Å². The van der Waals surface area contributed by atoms with Crippen LogP contribution in [0.1, 0.15) is 33.6 Å². The maximum Gasteiger partial charge on any atom is 0.303 e. The molecule has 0 aliphatic rings. The number of nitrogens with zero attached hydrogens (tertiary/aromatic N) is 2. The van der Waals surface area contributed by atoms with Crippen LogP contribution in [-0.4, -0.2) is 48.2 Å². The second-order valence-electron chi connectivity index (χ2n) is 8.50. The monoisotopic (exact) mass is 485 g/mol. The van der Waals surface area contributed by atoms with E-state index in [1.807, 2.05) is 31.1 Å². The van der Waals surface area contributed by atoms with Gasteiger partial charge in [-0.3, -0.25) is 19.0 Å². The minimum atomic E-state index is -0.881. The maximum atomic E-state index is 13.1. The number of anilines is 2. The molecule has 2 N–H and O–H groups in total. The quantitative estimate of drug-likeness (QED) is 0.327. The molecule has 0 atom stereocenters. The number of carbonyl (C=O) groups excluding carboxylic acids is 2. The molecule has 1 aromatic heterocycles. The predicted molar refractivity (Wildman–Crippen MR) is 139 cm³/mol. The number of carboxylic acid groups (broad SMARTS) is 1. The summed E-state index contributed by atoms with van der Waals surface area (Å²) in [6.07, 6.45) is 2.08. The number of hydrogen-bond acceptors (Lipinski definition) is 5. The van der Waals surface area contributed by atoms with Gasteiger partial charge in [0.2, 0.25) is 0 Å². The number of fused-ring (bicyclic) bond motifs is 1. The van der Waals surface area contributed by atoms with Crippen LogP contribution in [0.3, 0.4) is 0 Å². The van der Waals surface area contributed by atoms with Gasteiger partial charge in [0.15, 0.2) is 0 Å². The lowest BCUT2D eigenvalue weighted by atomic mass is 10.1. The third-order valence-corrected chi connectivity index (χ3v) is 5.73. The van der Waals surface area contributed by atoms with Crippen LogP contribution >= 0.6 is 0 Å². The van der Waals surface area contributed by atoms with Gasteiger partial charge >= 0.3 is 5.97 Å². The molecule has 184 valence electrons. The highest BCUT2D eigenvalue weighted by atomic mass is 16.5. The second-order valence-corrected chi connectivity index (χ2v) is 8.50. The van der Waals surface area contributed by atoms with E-state index in [9.17, 15) is 14.4 Å². The van der Waals surface area contributed by atoms with Crippen molar-refractivity contribution in [3.63, 3.8) is 0 Å². The van der Waals surface area contributed by atoms with E-state index in [0.717, 1.165) is 11.1 Å². The fourth-order valence-electron chi connectivity index (χ4n) is 3.80. The summed E-state index contributed by atoms with van der Waals surface area (Å²) in [5.74, 6) is -0.888. The van der Waals surface area contributed by atoms with Gasteiger partial charge in [0.05, 0.1) is 17.8 Å². The van der Waals surface area contributed by atoms with Gasteiger partial charge in [0, 0.05) is 48.9 Å². The Kier molecular flexibility index (Phi) is 7.34. The lowest BCUT2D eigenvalue weighted by molar-refractivity contribution is -0.137. The highest BCUT2D eigenvalue weighted by Gasteiger charge is 2.15. The number of carbonyl (C=O) groups is 3. The molecule has 0 saturated heterocycles. The van der Waals surface area contributed by atoms with E-state index in [1.165, 1.54) is 0 Å². The summed E-state index contributed by atoms with van der Waals surface area (Å²) in [6.45, 7) is 0.227. The zero-order valence-corrected chi connectivity index (χ0v) is 20.1. The topological polar surface area (TPSA) is 101 Å². The Bertz CT molecular complexity index is 1410. The second kappa shape index (κ2) is 10.8. The van der Waals surface area contributed by atoms with Crippen molar-refractivity contribution in [3.05, 3.63) is 90.1 Å². The van der Waals surface area contributed by atoms with Gasteiger partial charge < -0.3 is 20.1 Å². The minimum Gasteiger partial charge on any atom is -0.491 e. The Morgan fingerprint density at radius 3 is 2.39 bits per heavy atom. The van der Waals surface area contributed by atoms with Gasteiger partial charge in [0.1, 0.15) is 5.75 Å². The molecule has 0 aliphatic carbocycles. The summed E-state index contributed by atoms with van der Waals surface area (Å²) in [6, 6.07) is 21.4. The Morgan fingerprint density at radius 2 is 1.67 bits per heavy atom. The fourth-order valence-corrected chi connectivity index (χ4v) is 3.80. The number of amides is 1. The summed E-state index contributed by atoms with van der Waals surface area (Å²) >= 11 is 0. The average molecular weight is 486 g/mol. The van der Waals surface area contributed by atoms with E-state index >= 15 is 0 Å². The summed E-state index contributed by atoms with van der Waals surface area (Å²) in [7, 11) is 3.89. The van der Waals surface area contributed by atoms with Crippen LogP contribution < -0.4 is 15.0 Å². The molecule has 0 aliphatic heterocycles. The Balaban J connectivity index is 1.49. The fraction of sp³-hybridized carbons (Fsp3) is 0.179. The number of nitrogens with one attached hydrogen (secondary N) is 1. The highest BCUT2D eigenvalue weighted by Crippen LogP contribution is 2.26. The van der Waals surface area contributed by atoms with Crippen LogP contribution in [0.2, 0.25) is 0 Å². The van der Waals surface area contributed by atoms with Crippen molar-refractivity contribution < 1.29 is 24.2 Å². The van der Waals surface area contributed by atoms with E-state index in [1.54, 1.807) is 71.4 Å². The molecule has 0 fully saturated rings. The number of ether oxygens (including phenoxy) is 1. The molecule has 0 unspecified atom stereocenters. The van der Waals surface area contributed by atoms with Crippen molar-refractivity contribution in [2.75, 3.05) is 30.9 Å². The molecule has 1 heterocycles. The van der Waals surface area contributed by atoms with E-state index in [2.05, 4.69) is 5.32 Å². The smallest absolute Gasteiger partial charge is 0.303 e. The SMILES string of the molecule is CN(C)c1ccc(C(=O)n2ccc3cc(C(=O)Nc4ccccc4OCCCC(=O)O)ccc32)cc1. The largest absolute Gasteiger partial charge is 0.491 e. The molecular weight excluding hydrogens is 458 g/mol. The highest BCUT2D eigenvalue weighted by molar-refractivity contribution is 6.08. The van der Waals surface area contributed by atoms with Gasteiger partial charge in [-0.2, -0.15) is 0 Å². The van der Waals surface area contributed by atoms with Gasteiger partial charge in [0.25, 0.3) is 11.8 Å². The number of rotatable bonds is 9. The van der Waals surface area contributed by atoms with E-state index in [0.29, 0.717) is 34.5 Å². The number of hydrogen-bond donors (Lipinski definition) is 2. The third kappa shape index (κ3) is 5.55. The molecule has 8 heteroatoms. The van der Waals surface area contributed by atoms with Gasteiger partial charge in [-0.25, -0.2) is 0 Å². The number of aromatic nitrogens is 1. The zero-order chi connectivity index (χ0) is 25.7. The number of benzene rings is 3. The molecular formula is C28H27N3O5. The normalized spacial score (nSPS) is 10.7. The molecule has 3 aromatic carbocycles. The van der Waals surface area contributed by atoms with Crippen LogP contribution in [0.25, 0.3) is 10.9 Å². The van der Waals surface area contributed by atoms with Crippen molar-refractivity contribution in [3.8, 4) is 5.75 Å². The first-order valence-electron chi connectivity index (χ1n) is 11.5. The molecule has 0 spiro atoms. The molecule has 1 amide bonds. The average Bonchev–Trinajstić information content (AvgIpc) is 3.30. The molecule has 0 saturated carbocycles. The van der Waals surface area contributed by atoms with Crippen LogP contribution in [0.15, 0.2) is 79.0 Å². The molecule has 8 nitrogen and oxygen atoms in total. The van der Waals surface area contributed by atoms with Crippen LogP contribution in [0.4, 0.5) is 11.4 Å². The van der Waals surface area contributed by atoms with Crippen molar-refractivity contribution in [1.29, 1.82) is 0 Å². The van der Waals surface area contributed by atoms with Crippen LogP contribution in [-0.2, 0) is 4.79 Å². The zero-order valence-electron chi connectivity index (χ0n) is 20.1. The van der Waals surface area contributed by atoms with E-state index in [-0.39, 0.29) is 24.8 Å². The van der Waals surface area contributed by atoms with Crippen molar-refractivity contribution >= 4 is 40.1 Å². The summed E-state index contributed by atoms with van der Waals surface area (Å²) in [5.41, 5.74) is 3.21. The summed E-state index contributed by atoms with van der Waals surface area (Å²) in [5, 5.41) is 12.4. The summed E-state index contributed by atoms with van der Waals surface area (Å²) in [4.78, 5) is 38.7. The lowest BCUT2D eigenvalue weighted by Crippen LogP contribution is -2.14. The first kappa shape index (κ1) is 24.5. The predicted octanol–water partition coefficient (Wildman–Crippen LogP) is 4.89. The van der Waals surface area contributed by atoms with Crippen molar-refractivity contribution in [2.45, 2.75) is 12.8 Å². The minimum absolute atomic E-state index is 0.0120. The van der Waals surface area contributed by atoms with Crippen molar-refractivity contribution in [2.24, 2.45) is 0 Å². The Morgan fingerprint density at radius 1 is 0.944 bits per heavy atom. The number of para-hydroxylation sites is 2. The lowest BCUT2D eigenvalue weighted by Gasteiger charge is -2.13. The Labute approximate surface area is 208 Å². The van der Waals surface area contributed by atoms with Crippen LogP contribution in [0, 0.1) is 0 Å². The van der Waals surface area contributed by atoms with Gasteiger partial charge in [-0.15, -0.1) is 0 Å². The third-order valence-electron chi connectivity index (χ3n) is 5.73. The summed E-state index contributed by atoms with van der Waals surface area (Å²) < 4.78 is 7.24. The standard InChI is InChI=1S/C28H27N3O5/c1-30(2)22-12-9-19(10-13-22)28(35)31-16-15-20-18-21(11-14-24(20)31)27(34)29-23-6-3-4-7-25(23)36-17-5-8-26(32)33/h3-4,6-7,9-16,18H,5,8,17H2,1-2H3,(H,29,34)(H,32,33). The first-order chi connectivity index (χ1) is 17.3. The van der Waals surface area contributed by atoms with Crippen molar-refractivity contribution in [1.82, 2.24) is 4.57 Å². The molecule has 4 aromatic rings. The first-order valence-corrected chi connectivity index (χ1v) is 11.5. The molecule has 36 heavy (non-hydrogen) atoms. The number of aliphatic carboxylic acids is 1. The van der Waals surface area contributed by atoms with Gasteiger partial charge in [-0.05, 0) is 67.1 Å². The molecule has 4 rings (SSSR count). The van der Waals surface area contributed by atoms with Crippen LogP contribution in [0.5, 0.6) is 5.75 Å². The van der Waals surface area contributed by atoms with E-state index in [4.69, 9.17) is 9.84 Å². The maximum absolute atomic E-state index is 13.1. The number of carboxylic acids is 1. The Hall–Kier alpha value is -4.59.